The van der Waals surface area contributed by atoms with Crippen molar-refractivity contribution in [3.63, 3.8) is 0 Å². The van der Waals surface area contributed by atoms with E-state index in [2.05, 4.69) is 252 Å². The van der Waals surface area contributed by atoms with Crippen molar-refractivity contribution in [1.82, 2.24) is 9.13 Å². The van der Waals surface area contributed by atoms with E-state index >= 15 is 0 Å². The van der Waals surface area contributed by atoms with Gasteiger partial charge in [-0.15, -0.1) is 0 Å². The standard InChI is InChI=1S/C56H45N5/c1-38-43(51-24-12-14-34-57(51)3)22-16-28-49(38)59(50-29-17-23-44(39(50)2)52-25-13-15-35-58(52)4)41-30-32-42(33-31-41)61-54-27-11-9-21-46(54)48-36-47-45-20-8-10-26-53(45)60(55(47)37-56(48)61)40-18-6-5-7-19-40/h5-37H,1-4H3/q+2. The minimum atomic E-state index is 1.09. The van der Waals surface area contributed by atoms with Gasteiger partial charge in [-0.25, -0.2) is 9.13 Å². The van der Waals surface area contributed by atoms with Crippen LogP contribution in [0.25, 0.3) is 77.5 Å². The molecule has 292 valence electrons. The second-order valence-corrected chi connectivity index (χ2v) is 16.1. The molecule has 0 radical (unpaired) electrons. The fourth-order valence-electron chi connectivity index (χ4n) is 9.62. The number of anilines is 3. The zero-order valence-corrected chi connectivity index (χ0v) is 34.8. The van der Waals surface area contributed by atoms with Crippen molar-refractivity contribution in [2.45, 2.75) is 13.8 Å². The van der Waals surface area contributed by atoms with Gasteiger partial charge in [0.05, 0.1) is 33.2 Å². The van der Waals surface area contributed by atoms with Gasteiger partial charge in [0.25, 0.3) is 0 Å². The normalized spacial score (nSPS) is 11.6. The Morgan fingerprint density at radius 1 is 0.377 bits per heavy atom. The van der Waals surface area contributed by atoms with Crippen molar-refractivity contribution in [3.05, 3.63) is 212 Å². The molecule has 0 N–H and O–H groups in total. The summed E-state index contributed by atoms with van der Waals surface area (Å²) in [7, 11) is 4.23. The second-order valence-electron chi connectivity index (χ2n) is 16.1. The molecule has 0 saturated heterocycles. The lowest BCUT2D eigenvalue weighted by Gasteiger charge is -2.30. The van der Waals surface area contributed by atoms with Gasteiger partial charge in [-0.3, -0.25) is 0 Å². The molecule has 11 aromatic rings. The fourth-order valence-corrected chi connectivity index (χ4v) is 9.62. The van der Waals surface area contributed by atoms with Crippen LogP contribution in [0.3, 0.4) is 0 Å². The summed E-state index contributed by atoms with van der Waals surface area (Å²) in [6, 6.07) is 68.4. The molecular formula is C56H45N5+2. The number of hydrogen-bond acceptors (Lipinski definition) is 1. The Morgan fingerprint density at radius 3 is 1.34 bits per heavy atom. The summed E-state index contributed by atoms with van der Waals surface area (Å²) in [6.45, 7) is 4.51. The first-order chi connectivity index (χ1) is 30.0. The van der Waals surface area contributed by atoms with Crippen molar-refractivity contribution >= 4 is 60.7 Å². The average Bonchev–Trinajstić information content (AvgIpc) is 3.80. The van der Waals surface area contributed by atoms with E-state index in [1.807, 2.05) is 0 Å². The molecule has 11 rings (SSSR count). The highest BCUT2D eigenvalue weighted by Gasteiger charge is 2.24. The molecule has 0 atom stereocenters. The molecule has 0 aliphatic rings. The highest BCUT2D eigenvalue weighted by atomic mass is 15.1. The van der Waals surface area contributed by atoms with Gasteiger partial charge in [-0.2, -0.15) is 0 Å². The molecule has 0 aliphatic heterocycles. The van der Waals surface area contributed by atoms with Crippen LogP contribution in [0.4, 0.5) is 17.1 Å². The van der Waals surface area contributed by atoms with Gasteiger partial charge < -0.3 is 14.0 Å². The van der Waals surface area contributed by atoms with Gasteiger partial charge in [0.15, 0.2) is 12.4 Å². The van der Waals surface area contributed by atoms with Crippen molar-refractivity contribution in [3.8, 4) is 33.9 Å². The molecule has 0 fully saturated rings. The summed E-state index contributed by atoms with van der Waals surface area (Å²) in [5.74, 6) is 0. The van der Waals surface area contributed by atoms with Crippen LogP contribution in [-0.4, -0.2) is 9.13 Å². The highest BCUT2D eigenvalue weighted by molar-refractivity contribution is 6.19. The van der Waals surface area contributed by atoms with Gasteiger partial charge in [0, 0.05) is 74.2 Å². The third kappa shape index (κ3) is 5.84. The van der Waals surface area contributed by atoms with Crippen LogP contribution in [-0.2, 0) is 14.1 Å². The summed E-state index contributed by atoms with van der Waals surface area (Å²) in [5, 5.41) is 4.99. The number of aromatic nitrogens is 4. The molecule has 61 heavy (non-hydrogen) atoms. The summed E-state index contributed by atoms with van der Waals surface area (Å²) in [5.41, 5.74) is 17.6. The smallest absolute Gasteiger partial charge is 0.212 e. The predicted molar refractivity (Wildman–Crippen MR) is 253 cm³/mol. The van der Waals surface area contributed by atoms with Crippen LogP contribution in [0.5, 0.6) is 0 Å². The number of nitrogens with zero attached hydrogens (tertiary/aromatic N) is 5. The first kappa shape index (κ1) is 36.3. The van der Waals surface area contributed by atoms with Crippen LogP contribution < -0.4 is 14.0 Å². The van der Waals surface area contributed by atoms with Crippen molar-refractivity contribution < 1.29 is 9.13 Å². The Kier molecular flexibility index (Phi) is 8.64. The summed E-state index contributed by atoms with van der Waals surface area (Å²) >= 11 is 0. The van der Waals surface area contributed by atoms with Gasteiger partial charge in [0.1, 0.15) is 14.1 Å². The van der Waals surface area contributed by atoms with Crippen molar-refractivity contribution in [2.75, 3.05) is 4.90 Å². The maximum atomic E-state index is 2.45. The third-order valence-corrected chi connectivity index (χ3v) is 12.6. The number of para-hydroxylation sites is 3. The Hall–Kier alpha value is -7.76. The number of benzene rings is 7. The van der Waals surface area contributed by atoms with Crippen LogP contribution in [0.15, 0.2) is 200 Å². The van der Waals surface area contributed by atoms with E-state index in [4.69, 9.17) is 0 Å². The summed E-state index contributed by atoms with van der Waals surface area (Å²) < 4.78 is 9.25. The minimum Gasteiger partial charge on any atom is -0.310 e. The van der Waals surface area contributed by atoms with Crippen molar-refractivity contribution in [2.24, 2.45) is 14.1 Å². The maximum absolute atomic E-state index is 2.45. The molecule has 5 heteroatoms. The van der Waals surface area contributed by atoms with E-state index in [9.17, 15) is 0 Å². The van der Waals surface area contributed by atoms with Crippen LogP contribution in [0.2, 0.25) is 0 Å². The highest BCUT2D eigenvalue weighted by Crippen LogP contribution is 2.44. The molecule has 7 aromatic carbocycles. The number of rotatable bonds is 7. The van der Waals surface area contributed by atoms with E-state index in [1.54, 1.807) is 0 Å². The SMILES string of the molecule is Cc1c(-c2cccc[n+]2C)cccc1N(c1ccc(-n2c3ccccc3c3cc4c5ccccc5n(-c5ccccc5)c4cc32)cc1)c1cccc(-c2cccc[n+]2C)c1C. The Balaban J connectivity index is 1.12. The Bertz CT molecular complexity index is 3370. The first-order valence-electron chi connectivity index (χ1n) is 21.0. The summed E-state index contributed by atoms with van der Waals surface area (Å²) in [4.78, 5) is 2.45. The van der Waals surface area contributed by atoms with Gasteiger partial charge in [-0.05, 0) is 122 Å². The molecule has 4 heterocycles. The molecule has 4 aromatic heterocycles. The zero-order valence-electron chi connectivity index (χ0n) is 34.8. The molecule has 0 unspecified atom stereocenters. The quantitative estimate of drug-likeness (QED) is 0.147. The number of hydrogen-bond donors (Lipinski definition) is 0. The topological polar surface area (TPSA) is 20.9 Å². The van der Waals surface area contributed by atoms with Gasteiger partial charge in [0.2, 0.25) is 11.4 Å². The van der Waals surface area contributed by atoms with E-state index in [0.29, 0.717) is 0 Å². The van der Waals surface area contributed by atoms with Gasteiger partial charge in [-0.1, -0.05) is 66.7 Å². The maximum Gasteiger partial charge on any atom is 0.212 e. The molecule has 0 saturated carbocycles. The number of aryl methyl sites for hydroxylation is 2. The molecule has 5 nitrogen and oxygen atoms in total. The van der Waals surface area contributed by atoms with Crippen molar-refractivity contribution in [1.29, 1.82) is 0 Å². The van der Waals surface area contributed by atoms with E-state index in [-0.39, 0.29) is 0 Å². The Labute approximate surface area is 355 Å². The van der Waals surface area contributed by atoms with Crippen LogP contribution >= 0.6 is 0 Å². The van der Waals surface area contributed by atoms with E-state index in [1.165, 1.54) is 77.3 Å². The van der Waals surface area contributed by atoms with Gasteiger partial charge >= 0.3 is 0 Å². The lowest BCUT2D eigenvalue weighted by Crippen LogP contribution is -2.30. The Morgan fingerprint density at radius 2 is 0.836 bits per heavy atom. The molecule has 0 bridgehead atoms. The fraction of sp³-hybridized carbons (Fsp3) is 0.0714. The number of fused-ring (bicyclic) bond motifs is 6. The lowest BCUT2D eigenvalue weighted by molar-refractivity contribution is -0.660. The second kappa shape index (κ2) is 14.5. The number of pyridine rings is 2. The monoisotopic (exact) mass is 787 g/mol. The molecule has 0 amide bonds. The largest absolute Gasteiger partial charge is 0.310 e. The predicted octanol–water partition coefficient (Wildman–Crippen LogP) is 13.0. The molecular weight excluding hydrogens is 743 g/mol. The molecule has 0 aliphatic carbocycles. The molecule has 0 spiro atoms. The summed E-state index contributed by atoms with van der Waals surface area (Å²) in [6.07, 6.45) is 4.23. The third-order valence-electron chi connectivity index (χ3n) is 12.6. The zero-order chi connectivity index (χ0) is 41.2. The van der Waals surface area contributed by atoms with Crippen LogP contribution in [0.1, 0.15) is 11.1 Å². The van der Waals surface area contributed by atoms with E-state index in [0.717, 1.165) is 28.4 Å². The van der Waals surface area contributed by atoms with Crippen LogP contribution in [0, 0.1) is 13.8 Å². The minimum absolute atomic E-state index is 1.09. The first-order valence-corrected chi connectivity index (χ1v) is 21.0. The van der Waals surface area contributed by atoms with E-state index < -0.39 is 0 Å². The lowest BCUT2D eigenvalue weighted by atomic mass is 9.98. The average molecular weight is 788 g/mol.